The van der Waals surface area contributed by atoms with Crippen LogP contribution in [-0.2, 0) is 19.1 Å². The fraction of sp³-hybridized carbons (Fsp3) is 0.414. The zero-order valence-corrected chi connectivity index (χ0v) is 22.2. The van der Waals surface area contributed by atoms with Crippen molar-refractivity contribution in [3.63, 3.8) is 0 Å². The van der Waals surface area contributed by atoms with Gasteiger partial charge in [0, 0.05) is 62.8 Å². The molecule has 1 unspecified atom stereocenters. The molecule has 2 saturated heterocycles. The molecule has 41 heavy (non-hydrogen) atoms. The molecule has 2 aromatic rings. The fourth-order valence-electron chi connectivity index (χ4n) is 6.49. The Labute approximate surface area is 234 Å². The van der Waals surface area contributed by atoms with Crippen molar-refractivity contribution in [1.82, 2.24) is 10.6 Å². The SMILES string of the molecule is CN(C(=O)C12CC(OC(=O)NC3CN(c4cc(F)c(C5CCC(=O)NC5=O)c(F)c4)C3)(C1)C2)c1ccc(C#N)cc1. The van der Waals surface area contributed by atoms with Crippen LogP contribution >= 0.6 is 0 Å². The van der Waals surface area contributed by atoms with Gasteiger partial charge in [0.15, 0.2) is 0 Å². The van der Waals surface area contributed by atoms with Gasteiger partial charge in [-0.05, 0) is 42.8 Å². The third kappa shape index (κ3) is 4.55. The molecule has 7 rings (SSSR count). The number of alkyl carbamates (subject to hydrolysis) is 1. The summed E-state index contributed by atoms with van der Waals surface area (Å²) in [6, 6.07) is 10.8. The van der Waals surface area contributed by atoms with Gasteiger partial charge in [0.05, 0.1) is 29.0 Å². The summed E-state index contributed by atoms with van der Waals surface area (Å²) in [7, 11) is 1.69. The Hall–Kier alpha value is -4.53. The molecule has 10 nitrogen and oxygen atoms in total. The first-order chi connectivity index (χ1) is 19.5. The van der Waals surface area contributed by atoms with Crippen molar-refractivity contribution in [1.29, 1.82) is 5.26 Å². The Morgan fingerprint density at radius 1 is 1.12 bits per heavy atom. The molecular formula is C29H27F2N5O5. The number of piperidine rings is 1. The first kappa shape index (κ1) is 26.7. The third-order valence-electron chi connectivity index (χ3n) is 8.65. The number of carbonyl (C=O) groups excluding carboxylic acids is 4. The van der Waals surface area contributed by atoms with E-state index in [0.717, 1.165) is 12.1 Å². The van der Waals surface area contributed by atoms with E-state index in [1.165, 1.54) is 0 Å². The number of benzene rings is 2. The second kappa shape index (κ2) is 9.54. The number of ether oxygens (including phenoxy) is 1. The molecule has 2 heterocycles. The van der Waals surface area contributed by atoms with Crippen LogP contribution in [0.2, 0.25) is 0 Å². The molecule has 0 spiro atoms. The van der Waals surface area contributed by atoms with Gasteiger partial charge in [-0.15, -0.1) is 0 Å². The first-order valence-electron chi connectivity index (χ1n) is 13.4. The first-order valence-corrected chi connectivity index (χ1v) is 13.4. The fourth-order valence-corrected chi connectivity index (χ4v) is 6.49. The highest BCUT2D eigenvalue weighted by molar-refractivity contribution is 6.01. The molecule has 3 saturated carbocycles. The summed E-state index contributed by atoms with van der Waals surface area (Å²) < 4.78 is 35.3. The van der Waals surface area contributed by atoms with E-state index >= 15 is 0 Å². The number of anilines is 2. The Kier molecular flexibility index (Phi) is 6.21. The maximum absolute atomic E-state index is 14.8. The molecule has 2 N–H and O–H groups in total. The smallest absolute Gasteiger partial charge is 0.408 e. The van der Waals surface area contributed by atoms with Gasteiger partial charge in [0.2, 0.25) is 17.7 Å². The van der Waals surface area contributed by atoms with Crippen LogP contribution in [0.15, 0.2) is 36.4 Å². The van der Waals surface area contributed by atoms with Crippen molar-refractivity contribution in [2.45, 2.75) is 49.7 Å². The summed E-state index contributed by atoms with van der Waals surface area (Å²) in [6.07, 6.45) is 0.799. The third-order valence-corrected chi connectivity index (χ3v) is 8.65. The van der Waals surface area contributed by atoms with Crippen molar-refractivity contribution in [3.8, 4) is 6.07 Å². The predicted octanol–water partition coefficient (Wildman–Crippen LogP) is 2.86. The van der Waals surface area contributed by atoms with E-state index in [1.807, 2.05) is 6.07 Å². The van der Waals surface area contributed by atoms with Gasteiger partial charge < -0.3 is 19.9 Å². The molecule has 0 aromatic heterocycles. The number of nitrogens with one attached hydrogen (secondary N) is 2. The van der Waals surface area contributed by atoms with Crippen LogP contribution in [0.3, 0.4) is 0 Å². The molecule has 5 fully saturated rings. The van der Waals surface area contributed by atoms with Gasteiger partial charge >= 0.3 is 6.09 Å². The van der Waals surface area contributed by atoms with Gasteiger partial charge in [-0.3, -0.25) is 19.7 Å². The molecule has 1 atom stereocenters. The number of carbonyl (C=O) groups is 4. The van der Waals surface area contributed by atoms with E-state index < -0.39 is 46.5 Å². The van der Waals surface area contributed by atoms with Crippen LogP contribution in [-0.4, -0.2) is 55.6 Å². The maximum atomic E-state index is 14.8. The standard InChI is InChI=1S/C29H27F2N5O5/c1-35(18-4-2-16(10-32)3-5-18)26(39)28-13-29(14-28,15-28)41-27(40)33-17-11-36(12-17)19-8-21(30)24(22(31)9-19)20-6-7-23(37)34-25(20)38/h2-5,8-9,17,20H,6-7,11-15H2,1H3,(H,33,40)(H,34,37,38). The molecule has 2 aromatic carbocycles. The Morgan fingerprint density at radius 3 is 2.34 bits per heavy atom. The summed E-state index contributed by atoms with van der Waals surface area (Å²) in [6.45, 7) is 0.632. The molecule has 2 aliphatic heterocycles. The summed E-state index contributed by atoms with van der Waals surface area (Å²) in [5.41, 5.74) is -0.0810. The highest BCUT2D eigenvalue weighted by Gasteiger charge is 2.74. The van der Waals surface area contributed by atoms with E-state index in [9.17, 15) is 28.0 Å². The molecular weight excluding hydrogens is 536 g/mol. The number of halogens is 2. The zero-order chi connectivity index (χ0) is 29.1. The lowest BCUT2D eigenvalue weighted by molar-refractivity contribution is -0.246. The average Bonchev–Trinajstić information content (AvgIpc) is 2.87. The summed E-state index contributed by atoms with van der Waals surface area (Å²) >= 11 is 0. The summed E-state index contributed by atoms with van der Waals surface area (Å²) in [5, 5.41) is 13.8. The quantitative estimate of drug-likeness (QED) is 0.517. The van der Waals surface area contributed by atoms with Crippen LogP contribution < -0.4 is 20.4 Å². The van der Waals surface area contributed by atoms with Crippen LogP contribution in [0.25, 0.3) is 0 Å². The lowest BCUT2D eigenvalue weighted by atomic mass is 9.40. The number of nitriles is 1. The minimum atomic E-state index is -1.06. The van der Waals surface area contributed by atoms with Crippen LogP contribution in [0.1, 0.15) is 49.1 Å². The second-order valence-electron chi connectivity index (χ2n) is 11.5. The lowest BCUT2D eigenvalue weighted by Gasteiger charge is -2.67. The van der Waals surface area contributed by atoms with Gasteiger partial charge in [-0.25, -0.2) is 13.6 Å². The van der Waals surface area contributed by atoms with E-state index in [-0.39, 0.29) is 36.0 Å². The number of nitrogens with zero attached hydrogens (tertiary/aromatic N) is 3. The van der Waals surface area contributed by atoms with Crippen molar-refractivity contribution < 1.29 is 32.7 Å². The number of hydrogen-bond donors (Lipinski definition) is 2. The number of rotatable bonds is 6. The van der Waals surface area contributed by atoms with E-state index in [4.69, 9.17) is 10.00 Å². The monoisotopic (exact) mass is 563 g/mol. The van der Waals surface area contributed by atoms with Crippen LogP contribution in [0.5, 0.6) is 0 Å². The van der Waals surface area contributed by atoms with Crippen molar-refractivity contribution >= 4 is 35.2 Å². The molecule has 4 amide bonds. The lowest BCUT2D eigenvalue weighted by Crippen LogP contribution is -2.74. The Morgan fingerprint density at radius 2 is 1.76 bits per heavy atom. The van der Waals surface area contributed by atoms with E-state index in [2.05, 4.69) is 10.6 Å². The minimum absolute atomic E-state index is 0.0147. The zero-order valence-electron chi connectivity index (χ0n) is 22.2. The topological polar surface area (TPSA) is 132 Å². The summed E-state index contributed by atoms with van der Waals surface area (Å²) in [4.78, 5) is 52.3. The van der Waals surface area contributed by atoms with Gasteiger partial charge in [-0.2, -0.15) is 5.26 Å². The van der Waals surface area contributed by atoms with Crippen molar-refractivity contribution in [3.05, 3.63) is 59.2 Å². The number of hydrogen-bond acceptors (Lipinski definition) is 7. The second-order valence-corrected chi connectivity index (χ2v) is 11.5. The average molecular weight is 564 g/mol. The molecule has 5 aliphatic rings. The van der Waals surface area contributed by atoms with Crippen molar-refractivity contribution in [2.24, 2.45) is 5.41 Å². The predicted molar refractivity (Wildman–Crippen MR) is 141 cm³/mol. The molecule has 0 radical (unpaired) electrons. The Bertz CT molecular complexity index is 1470. The summed E-state index contributed by atoms with van der Waals surface area (Å²) in [5.74, 6) is -4.01. The maximum Gasteiger partial charge on any atom is 0.408 e. The van der Waals surface area contributed by atoms with Gasteiger partial charge in [-0.1, -0.05) is 0 Å². The normalized spacial score (nSPS) is 26.5. The molecule has 3 aliphatic carbocycles. The molecule has 12 heteroatoms. The van der Waals surface area contributed by atoms with Crippen LogP contribution in [0.4, 0.5) is 25.0 Å². The van der Waals surface area contributed by atoms with E-state index in [0.29, 0.717) is 43.6 Å². The number of amides is 4. The van der Waals surface area contributed by atoms with Gasteiger partial charge in [0.25, 0.3) is 0 Å². The highest BCUT2D eigenvalue weighted by Crippen LogP contribution is 2.69. The van der Waals surface area contributed by atoms with Gasteiger partial charge in [0.1, 0.15) is 17.2 Å². The largest absolute Gasteiger partial charge is 0.443 e. The minimum Gasteiger partial charge on any atom is -0.443 e. The highest BCUT2D eigenvalue weighted by atomic mass is 19.1. The van der Waals surface area contributed by atoms with Crippen LogP contribution in [0, 0.1) is 28.4 Å². The van der Waals surface area contributed by atoms with Crippen molar-refractivity contribution in [2.75, 3.05) is 29.9 Å². The Balaban J connectivity index is 0.978. The molecule has 2 bridgehead atoms. The van der Waals surface area contributed by atoms with E-state index in [1.54, 1.807) is 41.1 Å². The molecule has 212 valence electrons. The number of imide groups is 1.